The number of carbonyl (C=O) groups excluding carboxylic acids is 2. The molecule has 0 heterocycles. The Bertz CT molecular complexity index is 1480. The number of unbranched alkanes of at least 4 members (excludes halogenated alkanes) is 70. The molecule has 94 heavy (non-hydrogen) atoms. The topological polar surface area (TPSA) is 95.9 Å². The van der Waals surface area contributed by atoms with Crippen LogP contribution in [0, 0.1) is 0 Å². The third-order valence-electron chi connectivity index (χ3n) is 20.7. The van der Waals surface area contributed by atoms with Gasteiger partial charge >= 0.3 is 5.97 Å². The molecule has 0 aliphatic carbocycles. The summed E-state index contributed by atoms with van der Waals surface area (Å²) in [6.45, 7) is 4.95. The highest BCUT2D eigenvalue weighted by atomic mass is 16.5. The summed E-state index contributed by atoms with van der Waals surface area (Å²) >= 11 is 0. The fourth-order valence-electron chi connectivity index (χ4n) is 14.1. The molecule has 1 amide bonds. The molecule has 0 aliphatic rings. The highest BCUT2D eigenvalue weighted by Gasteiger charge is 2.18. The number of rotatable bonds is 83. The van der Waals surface area contributed by atoms with Crippen LogP contribution in [0.15, 0.2) is 24.3 Å². The lowest BCUT2D eigenvalue weighted by Gasteiger charge is -2.20. The van der Waals surface area contributed by atoms with Crippen LogP contribution >= 0.6 is 0 Å². The highest BCUT2D eigenvalue weighted by Crippen LogP contribution is 2.21. The van der Waals surface area contributed by atoms with Gasteiger partial charge in [-0.3, -0.25) is 9.59 Å². The molecule has 6 nitrogen and oxygen atoms in total. The first kappa shape index (κ1) is 92.3. The Morgan fingerprint density at radius 3 is 0.755 bits per heavy atom. The molecule has 0 aromatic rings. The summed E-state index contributed by atoms with van der Waals surface area (Å²) in [5, 5.41) is 23.3. The van der Waals surface area contributed by atoms with Gasteiger partial charge in [-0.2, -0.15) is 0 Å². The van der Waals surface area contributed by atoms with Crippen LogP contribution in [-0.2, 0) is 14.3 Å². The van der Waals surface area contributed by atoms with Crippen molar-refractivity contribution in [3.63, 3.8) is 0 Å². The Labute approximate surface area is 590 Å². The number of aliphatic hydroxyl groups excluding tert-OH is 2. The van der Waals surface area contributed by atoms with E-state index in [1.165, 1.54) is 430 Å². The zero-order valence-electron chi connectivity index (χ0n) is 64.2. The number of aliphatic hydroxyl groups is 2. The van der Waals surface area contributed by atoms with Gasteiger partial charge in [0.05, 0.1) is 25.4 Å². The Kier molecular flexibility index (Phi) is 82.3. The van der Waals surface area contributed by atoms with Crippen molar-refractivity contribution in [2.75, 3.05) is 13.2 Å². The molecule has 0 aromatic heterocycles. The van der Waals surface area contributed by atoms with Crippen LogP contribution < -0.4 is 5.32 Å². The number of carbonyl (C=O) groups is 2. The monoisotopic (exact) mass is 1320 g/mol. The van der Waals surface area contributed by atoms with Crippen LogP contribution in [0.2, 0.25) is 0 Å². The number of hydrogen-bond donors (Lipinski definition) is 3. The minimum Gasteiger partial charge on any atom is -0.466 e. The Balaban J connectivity index is 3.32. The number of nitrogens with one attached hydrogen (secondary N) is 1. The van der Waals surface area contributed by atoms with Gasteiger partial charge in [0.2, 0.25) is 5.91 Å². The van der Waals surface area contributed by atoms with Crippen molar-refractivity contribution in [3.8, 4) is 0 Å². The van der Waals surface area contributed by atoms with Crippen molar-refractivity contribution in [1.82, 2.24) is 5.32 Å². The molecule has 6 heteroatoms. The van der Waals surface area contributed by atoms with Crippen molar-refractivity contribution >= 4 is 11.9 Å². The van der Waals surface area contributed by atoms with E-state index in [1.807, 2.05) is 6.08 Å². The third kappa shape index (κ3) is 79.3. The highest BCUT2D eigenvalue weighted by molar-refractivity contribution is 5.76. The van der Waals surface area contributed by atoms with Gasteiger partial charge in [0.15, 0.2) is 0 Å². The van der Waals surface area contributed by atoms with Crippen LogP contribution in [0.1, 0.15) is 502 Å². The van der Waals surface area contributed by atoms with Crippen molar-refractivity contribution in [3.05, 3.63) is 24.3 Å². The normalized spacial score (nSPS) is 12.5. The second-order valence-electron chi connectivity index (χ2n) is 30.2. The van der Waals surface area contributed by atoms with E-state index >= 15 is 0 Å². The lowest BCUT2D eigenvalue weighted by atomic mass is 10.0. The largest absolute Gasteiger partial charge is 0.466 e. The predicted molar refractivity (Wildman–Crippen MR) is 417 cm³/mol. The second kappa shape index (κ2) is 83.8. The summed E-state index contributed by atoms with van der Waals surface area (Å²) in [6.07, 6.45) is 109. The summed E-state index contributed by atoms with van der Waals surface area (Å²) in [5.41, 5.74) is 0. The summed E-state index contributed by atoms with van der Waals surface area (Å²) in [6, 6.07) is -0.624. The zero-order chi connectivity index (χ0) is 67.7. The van der Waals surface area contributed by atoms with E-state index in [9.17, 15) is 19.8 Å². The van der Waals surface area contributed by atoms with E-state index in [4.69, 9.17) is 4.74 Å². The maximum Gasteiger partial charge on any atom is 0.305 e. The van der Waals surface area contributed by atoms with Crippen LogP contribution in [0.4, 0.5) is 0 Å². The lowest BCUT2D eigenvalue weighted by molar-refractivity contribution is -0.143. The molecule has 0 aromatic carbocycles. The number of amides is 1. The van der Waals surface area contributed by atoms with Gasteiger partial charge in [-0.25, -0.2) is 0 Å². The van der Waals surface area contributed by atoms with Gasteiger partial charge < -0.3 is 20.3 Å². The van der Waals surface area contributed by atoms with Crippen molar-refractivity contribution in [1.29, 1.82) is 0 Å². The van der Waals surface area contributed by atoms with Gasteiger partial charge in [0.25, 0.3) is 0 Å². The van der Waals surface area contributed by atoms with Gasteiger partial charge in [0.1, 0.15) is 0 Å². The first-order chi connectivity index (χ1) is 46.5. The SMILES string of the molecule is CCCCCCC/C=C\CCCCCCCC(=O)OCCCCCCCCCCCCCCCCCCCCCCCCCCCCCCCCCCCCCCCCCC(=O)NC(CO)C(O)/C=C/CCCCCCCCCCCCCCCCCCCCCCCC. The standard InChI is InChI=1S/C88H171NO5/c1-3-5-7-9-11-13-15-17-19-20-21-22-23-41-44-47-50-53-56-60-64-68-72-76-80-86(91)85(84-90)89-87(92)81-77-73-69-65-61-57-54-51-48-45-42-39-37-35-33-31-29-27-25-24-26-28-30-32-34-36-38-40-43-46-49-52-55-59-63-67-71-75-79-83-94-88(93)82-78-74-70-66-62-58-18-16-14-12-10-8-6-4-2/h16,18,76,80,85-86,90-91H,3-15,17,19-75,77-79,81-84H2,1-2H3,(H,89,92)/b18-16-,80-76+. The predicted octanol–water partition coefficient (Wildman–Crippen LogP) is 29.2. The maximum absolute atomic E-state index is 12.6. The minimum atomic E-state index is -0.842. The van der Waals surface area contributed by atoms with E-state index in [0.717, 1.165) is 44.9 Å². The minimum absolute atomic E-state index is 0.0164. The molecule has 2 unspecified atom stereocenters. The fraction of sp³-hybridized carbons (Fsp3) is 0.932. The second-order valence-corrected chi connectivity index (χ2v) is 30.2. The van der Waals surface area contributed by atoms with E-state index in [2.05, 4.69) is 31.3 Å². The van der Waals surface area contributed by atoms with E-state index < -0.39 is 12.1 Å². The number of allylic oxidation sites excluding steroid dienone is 3. The number of ether oxygens (including phenoxy) is 1. The zero-order valence-corrected chi connectivity index (χ0v) is 64.2. The van der Waals surface area contributed by atoms with E-state index in [0.29, 0.717) is 19.4 Å². The molecule has 2 atom stereocenters. The van der Waals surface area contributed by atoms with Crippen LogP contribution in [0.25, 0.3) is 0 Å². The van der Waals surface area contributed by atoms with E-state index in [-0.39, 0.29) is 18.5 Å². The fourth-order valence-corrected chi connectivity index (χ4v) is 14.1. The number of esters is 1. The first-order valence-corrected chi connectivity index (χ1v) is 43.6. The van der Waals surface area contributed by atoms with Crippen molar-refractivity contribution < 1.29 is 24.5 Å². The van der Waals surface area contributed by atoms with Crippen LogP contribution in [0.5, 0.6) is 0 Å². The van der Waals surface area contributed by atoms with E-state index in [1.54, 1.807) is 6.08 Å². The van der Waals surface area contributed by atoms with Crippen LogP contribution in [0.3, 0.4) is 0 Å². The molecule has 0 bridgehead atoms. The molecule has 0 saturated carbocycles. The molecule has 0 radical (unpaired) electrons. The molecule has 3 N–H and O–H groups in total. The van der Waals surface area contributed by atoms with Crippen LogP contribution in [-0.4, -0.2) is 47.4 Å². The lowest BCUT2D eigenvalue weighted by Crippen LogP contribution is -2.45. The molecular formula is C88H171NO5. The summed E-state index contributed by atoms with van der Waals surface area (Å²) in [4.78, 5) is 24.6. The van der Waals surface area contributed by atoms with Gasteiger partial charge in [-0.15, -0.1) is 0 Å². The van der Waals surface area contributed by atoms with Gasteiger partial charge in [0, 0.05) is 12.8 Å². The Morgan fingerprint density at radius 1 is 0.287 bits per heavy atom. The Morgan fingerprint density at radius 2 is 0.500 bits per heavy atom. The summed E-state index contributed by atoms with van der Waals surface area (Å²) < 4.78 is 5.50. The summed E-state index contributed by atoms with van der Waals surface area (Å²) in [7, 11) is 0. The molecule has 558 valence electrons. The average molecular weight is 1320 g/mol. The van der Waals surface area contributed by atoms with Gasteiger partial charge in [-0.05, 0) is 57.8 Å². The average Bonchev–Trinajstić information content (AvgIpc) is 3.59. The molecule has 0 rings (SSSR count). The first-order valence-electron chi connectivity index (χ1n) is 43.6. The molecule has 0 saturated heterocycles. The maximum atomic E-state index is 12.6. The van der Waals surface area contributed by atoms with Crippen molar-refractivity contribution in [2.45, 2.75) is 514 Å². The Hall–Kier alpha value is -1.66. The summed E-state index contributed by atoms with van der Waals surface area (Å²) in [5.74, 6) is -0.0396. The molecule has 0 fully saturated rings. The molecular weight excluding hydrogens is 1150 g/mol. The smallest absolute Gasteiger partial charge is 0.305 e. The molecule has 0 spiro atoms. The third-order valence-corrected chi connectivity index (χ3v) is 20.7. The number of hydrogen-bond acceptors (Lipinski definition) is 5. The molecule has 0 aliphatic heterocycles. The van der Waals surface area contributed by atoms with Gasteiger partial charge in [-0.1, -0.05) is 456 Å². The van der Waals surface area contributed by atoms with Crippen molar-refractivity contribution in [2.24, 2.45) is 0 Å². The quantitative estimate of drug-likeness (QED) is 0.0320.